The van der Waals surface area contributed by atoms with E-state index >= 15 is 0 Å². The van der Waals surface area contributed by atoms with Crippen LogP contribution in [0.1, 0.15) is 43.9 Å². The predicted molar refractivity (Wildman–Crippen MR) is 147 cm³/mol. The van der Waals surface area contributed by atoms with Crippen LogP contribution in [-0.4, -0.2) is 25.0 Å². The molecule has 0 saturated heterocycles. The highest BCUT2D eigenvalue weighted by atomic mass is 35.5. The summed E-state index contributed by atoms with van der Waals surface area (Å²) in [5, 5.41) is 3.62. The fourth-order valence-electron chi connectivity index (χ4n) is 3.87. The number of hydrogen-bond acceptors (Lipinski definition) is 4. The van der Waals surface area contributed by atoms with Crippen molar-refractivity contribution in [2.24, 2.45) is 0 Å². The molecule has 186 valence electrons. The summed E-state index contributed by atoms with van der Waals surface area (Å²) in [6.45, 7) is 4.67. The predicted octanol–water partition coefficient (Wildman–Crippen LogP) is 6.88. The quantitative estimate of drug-likeness (QED) is 0.247. The molecule has 1 aliphatic heterocycles. The first kappa shape index (κ1) is 25.9. The number of carbonyl (C=O) groups excluding carboxylic acids is 2. The van der Waals surface area contributed by atoms with Gasteiger partial charge in [-0.25, -0.2) is 0 Å². The molecule has 36 heavy (non-hydrogen) atoms. The van der Waals surface area contributed by atoms with Gasteiger partial charge in [-0.3, -0.25) is 14.5 Å². The van der Waals surface area contributed by atoms with E-state index in [0.717, 1.165) is 40.3 Å². The zero-order valence-electron chi connectivity index (χ0n) is 20.4. The molecule has 2 amide bonds. The van der Waals surface area contributed by atoms with Crippen molar-refractivity contribution in [3.63, 3.8) is 0 Å². The molecular formula is C29H29ClN2O3S. The summed E-state index contributed by atoms with van der Waals surface area (Å²) in [5.41, 5.74) is 2.53. The summed E-state index contributed by atoms with van der Waals surface area (Å²) < 4.78 is 5.72. The molecule has 1 N–H and O–H groups in total. The summed E-state index contributed by atoms with van der Waals surface area (Å²) >= 11 is 7.52. The van der Waals surface area contributed by atoms with Crippen LogP contribution in [0.15, 0.2) is 82.6 Å². The maximum absolute atomic E-state index is 13.4. The molecule has 1 heterocycles. The Balaban J connectivity index is 1.47. The van der Waals surface area contributed by atoms with Gasteiger partial charge in [0.25, 0.3) is 5.91 Å². The Labute approximate surface area is 221 Å². The summed E-state index contributed by atoms with van der Waals surface area (Å²) in [4.78, 5) is 29.4. The van der Waals surface area contributed by atoms with Crippen LogP contribution in [0.2, 0.25) is 5.02 Å². The molecule has 0 fully saturated rings. The molecule has 7 heteroatoms. The molecule has 0 radical (unpaired) electrons. The maximum atomic E-state index is 13.4. The van der Waals surface area contributed by atoms with Gasteiger partial charge in [0.15, 0.2) is 0 Å². The maximum Gasteiger partial charge on any atom is 0.265 e. The van der Waals surface area contributed by atoms with Gasteiger partial charge in [-0.15, -0.1) is 0 Å². The average Bonchev–Trinajstić information content (AvgIpc) is 2.87. The van der Waals surface area contributed by atoms with Gasteiger partial charge >= 0.3 is 0 Å². The molecular weight excluding hydrogens is 492 g/mol. The number of nitrogens with zero attached hydrogens (tertiary/aromatic N) is 1. The molecule has 0 unspecified atom stereocenters. The molecule has 0 aromatic heterocycles. The number of carbonyl (C=O) groups is 2. The first-order valence-electron chi connectivity index (χ1n) is 12.0. The van der Waals surface area contributed by atoms with E-state index in [1.165, 1.54) is 16.7 Å². The van der Waals surface area contributed by atoms with Crippen LogP contribution >= 0.6 is 23.4 Å². The second kappa shape index (κ2) is 12.2. The highest BCUT2D eigenvalue weighted by Gasteiger charge is 2.30. The van der Waals surface area contributed by atoms with E-state index in [-0.39, 0.29) is 24.4 Å². The smallest absolute Gasteiger partial charge is 0.265 e. The van der Waals surface area contributed by atoms with Crippen molar-refractivity contribution in [3.8, 4) is 5.75 Å². The minimum Gasteiger partial charge on any atom is -0.494 e. The van der Waals surface area contributed by atoms with E-state index < -0.39 is 0 Å². The van der Waals surface area contributed by atoms with Gasteiger partial charge in [0.2, 0.25) is 5.91 Å². The number of unbranched alkanes of at least 4 members (excludes halogenated alkanes) is 1. The lowest BCUT2D eigenvalue weighted by molar-refractivity contribution is -0.122. The Hall–Kier alpha value is -3.22. The fourth-order valence-corrected chi connectivity index (χ4v) is 5.13. The van der Waals surface area contributed by atoms with Crippen molar-refractivity contribution in [2.45, 2.75) is 37.6 Å². The van der Waals surface area contributed by atoms with Gasteiger partial charge in [-0.05, 0) is 66.9 Å². The molecule has 5 nitrogen and oxygen atoms in total. The fraction of sp³-hybridized carbons (Fsp3) is 0.241. The molecule has 1 aliphatic rings. The van der Waals surface area contributed by atoms with Gasteiger partial charge in [0.05, 0.1) is 23.2 Å². The molecule has 3 aromatic carbocycles. The van der Waals surface area contributed by atoms with Gasteiger partial charge in [-0.1, -0.05) is 73.1 Å². The number of ether oxygens (including phenoxy) is 1. The summed E-state index contributed by atoms with van der Waals surface area (Å²) in [6, 6.07) is 22.5. The normalized spacial score (nSPS) is 14.9. The van der Waals surface area contributed by atoms with Crippen molar-refractivity contribution >= 4 is 46.9 Å². The lowest BCUT2D eigenvalue weighted by atomic mass is 10.1. The van der Waals surface area contributed by atoms with Gasteiger partial charge in [-0.2, -0.15) is 0 Å². The van der Waals surface area contributed by atoms with Gasteiger partial charge < -0.3 is 10.1 Å². The largest absolute Gasteiger partial charge is 0.494 e. The van der Waals surface area contributed by atoms with Crippen LogP contribution in [0.5, 0.6) is 5.75 Å². The zero-order valence-corrected chi connectivity index (χ0v) is 21.9. The van der Waals surface area contributed by atoms with Crippen LogP contribution in [0, 0.1) is 0 Å². The van der Waals surface area contributed by atoms with E-state index in [2.05, 4.69) is 12.2 Å². The Morgan fingerprint density at radius 2 is 1.89 bits per heavy atom. The van der Waals surface area contributed by atoms with Crippen molar-refractivity contribution in [1.82, 2.24) is 5.32 Å². The van der Waals surface area contributed by atoms with Crippen LogP contribution in [0.4, 0.5) is 5.69 Å². The second-order valence-electron chi connectivity index (χ2n) is 8.58. The number of thioether (sulfide) groups is 1. The average molecular weight is 521 g/mol. The first-order valence-corrected chi connectivity index (χ1v) is 13.2. The second-order valence-corrected chi connectivity index (χ2v) is 10.1. The molecule has 0 aliphatic carbocycles. The van der Waals surface area contributed by atoms with Crippen molar-refractivity contribution in [3.05, 3.63) is 93.9 Å². The highest BCUT2D eigenvalue weighted by Crippen LogP contribution is 2.42. The molecule has 0 spiro atoms. The molecule has 1 atom stereocenters. The summed E-state index contributed by atoms with van der Waals surface area (Å²) in [7, 11) is 0. The SMILES string of the molecule is CCCCOc1ccc([C@@H](C)NC(=O)CN2C(=O)/C(=C/c3cccc(Cl)c3)Sc3ccccc32)cc1. The topological polar surface area (TPSA) is 58.6 Å². The molecule has 4 rings (SSSR count). The van der Waals surface area contributed by atoms with E-state index in [9.17, 15) is 9.59 Å². The van der Waals surface area contributed by atoms with E-state index in [0.29, 0.717) is 16.5 Å². The Morgan fingerprint density at radius 3 is 2.64 bits per heavy atom. The number of hydrogen-bond donors (Lipinski definition) is 1. The molecule has 0 bridgehead atoms. The minimum atomic E-state index is -0.233. The number of fused-ring (bicyclic) bond motifs is 1. The number of anilines is 1. The van der Waals surface area contributed by atoms with E-state index in [1.807, 2.05) is 79.7 Å². The lowest BCUT2D eigenvalue weighted by Gasteiger charge is -2.30. The standard InChI is InChI=1S/C29H29ClN2O3S/c1-3-4-16-35-24-14-12-22(13-15-24)20(2)31-28(33)19-32-25-10-5-6-11-26(25)36-27(29(32)34)18-21-8-7-9-23(30)17-21/h5-15,17-18,20H,3-4,16,19H2,1-2H3,(H,31,33)/b27-18-/t20-/m1/s1. The summed E-state index contributed by atoms with van der Waals surface area (Å²) in [6.07, 6.45) is 3.91. The number of rotatable bonds is 9. The number of nitrogens with one attached hydrogen (secondary N) is 1. The third-order valence-electron chi connectivity index (χ3n) is 5.80. The zero-order chi connectivity index (χ0) is 25.5. The third-order valence-corrected chi connectivity index (χ3v) is 7.12. The number of halogens is 1. The van der Waals surface area contributed by atoms with Gasteiger partial charge in [0, 0.05) is 9.92 Å². The first-order chi connectivity index (χ1) is 17.4. The van der Waals surface area contributed by atoms with Crippen molar-refractivity contribution in [1.29, 1.82) is 0 Å². The van der Waals surface area contributed by atoms with Crippen LogP contribution in [-0.2, 0) is 9.59 Å². The van der Waals surface area contributed by atoms with Crippen molar-refractivity contribution < 1.29 is 14.3 Å². The Kier molecular flexibility index (Phi) is 8.73. The van der Waals surface area contributed by atoms with E-state index in [1.54, 1.807) is 6.07 Å². The number of benzene rings is 3. The Bertz CT molecular complexity index is 1260. The van der Waals surface area contributed by atoms with Crippen LogP contribution in [0.25, 0.3) is 6.08 Å². The summed E-state index contributed by atoms with van der Waals surface area (Å²) in [5.74, 6) is 0.371. The lowest BCUT2D eigenvalue weighted by Crippen LogP contribution is -2.43. The van der Waals surface area contributed by atoms with Crippen molar-refractivity contribution in [2.75, 3.05) is 18.1 Å². The van der Waals surface area contributed by atoms with Gasteiger partial charge in [0.1, 0.15) is 12.3 Å². The third kappa shape index (κ3) is 6.50. The number of amides is 2. The highest BCUT2D eigenvalue weighted by molar-refractivity contribution is 8.04. The van der Waals surface area contributed by atoms with E-state index in [4.69, 9.17) is 16.3 Å². The monoisotopic (exact) mass is 520 g/mol. The minimum absolute atomic E-state index is 0.0775. The van der Waals surface area contributed by atoms with Crippen LogP contribution < -0.4 is 15.0 Å². The van der Waals surface area contributed by atoms with Crippen LogP contribution in [0.3, 0.4) is 0 Å². The molecule has 3 aromatic rings. The molecule has 0 saturated carbocycles. The Morgan fingerprint density at radius 1 is 1.11 bits per heavy atom. The number of para-hydroxylation sites is 1.